The molecular formula is C24H25F3O7. The van der Waals surface area contributed by atoms with Crippen molar-refractivity contribution in [2.75, 3.05) is 0 Å². The topological polar surface area (TPSA) is 80.3 Å². The van der Waals surface area contributed by atoms with E-state index < -0.39 is 48.8 Å². The molecular weight excluding hydrogens is 457 g/mol. The summed E-state index contributed by atoms with van der Waals surface area (Å²) in [6.07, 6.45) is -14.0. The Kier molecular flexibility index (Phi) is 8.65. The monoisotopic (exact) mass is 482 g/mol. The number of hydrogen-bond donors (Lipinski definition) is 0. The van der Waals surface area contributed by atoms with Crippen LogP contribution >= 0.6 is 0 Å². The minimum atomic E-state index is -4.91. The lowest BCUT2D eigenvalue weighted by Gasteiger charge is -2.45. The van der Waals surface area contributed by atoms with Crippen molar-refractivity contribution in [3.63, 3.8) is 0 Å². The Bertz CT molecular complexity index is 937. The molecule has 1 aliphatic rings. The predicted molar refractivity (Wildman–Crippen MR) is 112 cm³/mol. The van der Waals surface area contributed by atoms with Crippen LogP contribution in [-0.2, 0) is 46.5 Å². The summed E-state index contributed by atoms with van der Waals surface area (Å²) in [6, 6.07) is 17.3. The summed E-state index contributed by atoms with van der Waals surface area (Å²) < 4.78 is 68.8. The van der Waals surface area contributed by atoms with Gasteiger partial charge in [-0.05, 0) is 11.1 Å². The minimum Gasteiger partial charge on any atom is -0.457 e. The van der Waals surface area contributed by atoms with Gasteiger partial charge in [0.05, 0.1) is 13.2 Å². The Balaban J connectivity index is 1.94. The van der Waals surface area contributed by atoms with E-state index in [-0.39, 0.29) is 13.2 Å². The first-order valence-corrected chi connectivity index (χ1v) is 10.5. The molecule has 2 aromatic rings. The Morgan fingerprint density at radius 1 is 0.765 bits per heavy atom. The van der Waals surface area contributed by atoms with E-state index in [4.69, 9.17) is 23.7 Å². The molecule has 2 aromatic carbocycles. The molecule has 184 valence electrons. The van der Waals surface area contributed by atoms with Gasteiger partial charge in [-0.2, -0.15) is 13.2 Å². The van der Waals surface area contributed by atoms with Gasteiger partial charge in [0.1, 0.15) is 6.10 Å². The third-order valence-corrected chi connectivity index (χ3v) is 4.97. The van der Waals surface area contributed by atoms with Crippen molar-refractivity contribution in [2.24, 2.45) is 0 Å². The van der Waals surface area contributed by atoms with Crippen LogP contribution in [0.1, 0.15) is 25.0 Å². The highest BCUT2D eigenvalue weighted by molar-refractivity contribution is 5.67. The molecule has 3 rings (SSSR count). The highest BCUT2D eigenvalue weighted by Crippen LogP contribution is 2.38. The van der Waals surface area contributed by atoms with Crippen molar-refractivity contribution in [3.8, 4) is 0 Å². The molecule has 0 unspecified atom stereocenters. The van der Waals surface area contributed by atoms with Gasteiger partial charge in [0.25, 0.3) is 0 Å². The summed E-state index contributed by atoms with van der Waals surface area (Å²) in [6.45, 7) is 1.82. The van der Waals surface area contributed by atoms with Crippen LogP contribution in [0.5, 0.6) is 0 Å². The van der Waals surface area contributed by atoms with Crippen LogP contribution in [0.4, 0.5) is 13.2 Å². The molecule has 0 spiro atoms. The Morgan fingerprint density at radius 2 is 1.24 bits per heavy atom. The molecule has 0 N–H and O–H groups in total. The van der Waals surface area contributed by atoms with Gasteiger partial charge in [-0.15, -0.1) is 0 Å². The van der Waals surface area contributed by atoms with Gasteiger partial charge in [-0.3, -0.25) is 9.59 Å². The zero-order valence-corrected chi connectivity index (χ0v) is 18.6. The third kappa shape index (κ3) is 7.02. The van der Waals surface area contributed by atoms with Gasteiger partial charge < -0.3 is 23.7 Å². The number of alkyl halides is 3. The third-order valence-electron chi connectivity index (χ3n) is 4.97. The molecule has 0 radical (unpaired) electrons. The van der Waals surface area contributed by atoms with E-state index in [1.165, 1.54) is 0 Å². The van der Waals surface area contributed by atoms with E-state index in [0.717, 1.165) is 13.8 Å². The Hall–Kier alpha value is -2.95. The van der Waals surface area contributed by atoms with Gasteiger partial charge in [0, 0.05) is 13.8 Å². The molecule has 1 saturated heterocycles. The standard InChI is InChI=1S/C24H25F3O7/c1-15(28)32-19-20(30-13-17-9-5-3-6-10-17)22(24(25,26)27)34-23(33-16(2)29)21(19)31-14-18-11-7-4-8-12-18/h3-12,19-23H,13-14H2,1-2H3/t19-,20+,21+,22-,23+/m1/s1. The first-order chi connectivity index (χ1) is 16.1. The molecule has 10 heteroatoms. The average molecular weight is 482 g/mol. The van der Waals surface area contributed by atoms with E-state index in [0.29, 0.717) is 11.1 Å². The van der Waals surface area contributed by atoms with Crippen molar-refractivity contribution in [1.82, 2.24) is 0 Å². The maximum absolute atomic E-state index is 14.0. The van der Waals surface area contributed by atoms with Crippen LogP contribution in [0.3, 0.4) is 0 Å². The van der Waals surface area contributed by atoms with E-state index in [1.807, 2.05) is 0 Å². The van der Waals surface area contributed by atoms with E-state index in [2.05, 4.69) is 0 Å². The maximum Gasteiger partial charge on any atom is 0.417 e. The lowest BCUT2D eigenvalue weighted by atomic mass is 9.97. The van der Waals surface area contributed by atoms with Crippen molar-refractivity contribution in [2.45, 2.75) is 63.9 Å². The van der Waals surface area contributed by atoms with Crippen LogP contribution < -0.4 is 0 Å². The summed E-state index contributed by atoms with van der Waals surface area (Å²) in [7, 11) is 0. The van der Waals surface area contributed by atoms with Crippen LogP contribution in [0.15, 0.2) is 60.7 Å². The molecule has 1 heterocycles. The summed E-state index contributed by atoms with van der Waals surface area (Å²) in [5.41, 5.74) is 1.30. The molecule has 34 heavy (non-hydrogen) atoms. The van der Waals surface area contributed by atoms with Crippen LogP contribution in [0.25, 0.3) is 0 Å². The summed E-state index contributed by atoms with van der Waals surface area (Å²) >= 11 is 0. The average Bonchev–Trinajstić information content (AvgIpc) is 2.77. The molecule has 7 nitrogen and oxygen atoms in total. The highest BCUT2D eigenvalue weighted by Gasteiger charge is 2.59. The van der Waals surface area contributed by atoms with Crippen molar-refractivity contribution < 1.29 is 46.4 Å². The first-order valence-electron chi connectivity index (χ1n) is 10.5. The molecule has 1 aliphatic heterocycles. The van der Waals surface area contributed by atoms with Crippen molar-refractivity contribution in [1.29, 1.82) is 0 Å². The van der Waals surface area contributed by atoms with Crippen LogP contribution in [0, 0.1) is 0 Å². The minimum absolute atomic E-state index is 0.0630. The van der Waals surface area contributed by atoms with Gasteiger partial charge in [-0.25, -0.2) is 0 Å². The molecule has 0 bridgehead atoms. The predicted octanol–water partition coefficient (Wildman–Crippen LogP) is 3.94. The SMILES string of the molecule is CC(=O)O[C@H]1O[C@@H](C(F)(F)F)[C@@H](OCc2ccccc2)[C@@H](OC(C)=O)[C@@H]1OCc1ccccc1. The molecule has 0 saturated carbocycles. The lowest BCUT2D eigenvalue weighted by Crippen LogP contribution is -2.64. The Morgan fingerprint density at radius 3 is 1.68 bits per heavy atom. The quantitative estimate of drug-likeness (QED) is 0.528. The number of halogens is 3. The van der Waals surface area contributed by atoms with Gasteiger partial charge in [-0.1, -0.05) is 60.7 Å². The van der Waals surface area contributed by atoms with Gasteiger partial charge in [0.2, 0.25) is 6.29 Å². The fourth-order valence-corrected chi connectivity index (χ4v) is 3.55. The molecule has 0 aliphatic carbocycles. The van der Waals surface area contributed by atoms with Crippen molar-refractivity contribution in [3.05, 3.63) is 71.8 Å². The number of benzene rings is 2. The molecule has 0 amide bonds. The fourth-order valence-electron chi connectivity index (χ4n) is 3.55. The second-order valence-electron chi connectivity index (χ2n) is 7.67. The zero-order valence-electron chi connectivity index (χ0n) is 18.6. The van der Waals surface area contributed by atoms with Crippen LogP contribution in [0.2, 0.25) is 0 Å². The lowest BCUT2D eigenvalue weighted by molar-refractivity contribution is -0.359. The Labute approximate surface area is 194 Å². The number of rotatable bonds is 8. The normalized spacial score (nSPS) is 24.9. The number of hydrogen-bond acceptors (Lipinski definition) is 7. The largest absolute Gasteiger partial charge is 0.457 e. The van der Waals surface area contributed by atoms with Crippen molar-refractivity contribution >= 4 is 11.9 Å². The summed E-state index contributed by atoms with van der Waals surface area (Å²) in [5.74, 6) is -1.74. The number of esters is 2. The summed E-state index contributed by atoms with van der Waals surface area (Å²) in [4.78, 5) is 23.5. The second-order valence-corrected chi connectivity index (χ2v) is 7.67. The molecule has 1 fully saturated rings. The van der Waals surface area contributed by atoms with Gasteiger partial charge in [0.15, 0.2) is 18.3 Å². The van der Waals surface area contributed by atoms with E-state index in [1.54, 1.807) is 60.7 Å². The molecule has 5 atom stereocenters. The number of ether oxygens (including phenoxy) is 5. The highest BCUT2D eigenvalue weighted by atomic mass is 19.4. The van der Waals surface area contributed by atoms with Crippen LogP contribution in [-0.4, -0.2) is 48.8 Å². The first kappa shape index (κ1) is 25.7. The number of carbonyl (C=O) groups is 2. The van der Waals surface area contributed by atoms with Gasteiger partial charge >= 0.3 is 18.1 Å². The van der Waals surface area contributed by atoms with E-state index in [9.17, 15) is 22.8 Å². The molecule has 0 aromatic heterocycles. The smallest absolute Gasteiger partial charge is 0.417 e. The zero-order chi connectivity index (χ0) is 24.7. The summed E-state index contributed by atoms with van der Waals surface area (Å²) in [5, 5.41) is 0. The second kappa shape index (κ2) is 11.5. The number of carbonyl (C=O) groups excluding carboxylic acids is 2. The maximum atomic E-state index is 14.0. The van der Waals surface area contributed by atoms with E-state index >= 15 is 0 Å². The fraction of sp³-hybridized carbons (Fsp3) is 0.417.